The Bertz CT molecular complexity index is 1150. The summed E-state index contributed by atoms with van der Waals surface area (Å²) in [7, 11) is 0. The van der Waals surface area contributed by atoms with Crippen molar-refractivity contribution >= 4 is 23.5 Å². The van der Waals surface area contributed by atoms with Crippen molar-refractivity contribution < 1.29 is 9.59 Å². The van der Waals surface area contributed by atoms with Crippen LogP contribution in [0.3, 0.4) is 0 Å². The van der Waals surface area contributed by atoms with Crippen LogP contribution in [0, 0.1) is 0 Å². The second kappa shape index (κ2) is 10.1. The first-order valence-corrected chi connectivity index (χ1v) is 10.3. The third-order valence-electron chi connectivity index (χ3n) is 5.50. The van der Waals surface area contributed by atoms with Crippen LogP contribution in [0.5, 0.6) is 0 Å². The van der Waals surface area contributed by atoms with Crippen molar-refractivity contribution in [3.8, 4) is 0 Å². The fourth-order valence-corrected chi connectivity index (χ4v) is 4.09. The molecule has 154 valence electrons. The number of isocyanates is 2. The molecule has 0 saturated carbocycles. The zero-order valence-electron chi connectivity index (χ0n) is 17.3. The Balaban J connectivity index is 1.91. The Morgan fingerprint density at radius 3 is 1.06 bits per heavy atom. The Hall–Kier alpha value is -4.36. The molecular weight excluding hydrogens is 396 g/mol. The number of carbonyl (C=O) groups excluding carboxylic acids is 2. The number of hydrogen-bond donors (Lipinski definition) is 0. The van der Waals surface area contributed by atoms with E-state index >= 15 is 0 Å². The van der Waals surface area contributed by atoms with Crippen LogP contribution in [0.2, 0.25) is 0 Å². The summed E-state index contributed by atoms with van der Waals surface area (Å²) in [6, 6.07) is 36.1. The summed E-state index contributed by atoms with van der Waals surface area (Å²) in [6.45, 7) is 0. The standard InChI is InChI=1S/C28H20N2O2/c31-19-29-25-15-11-23(12-16-25)28(24-13-17-26(18-14-24)30-20-32)27(21-7-3-1-4-8-21)22-9-5-2-6-10-22/h1-18,27-28H. The van der Waals surface area contributed by atoms with E-state index in [2.05, 4.69) is 34.3 Å². The molecule has 0 aromatic heterocycles. The molecule has 0 aliphatic rings. The summed E-state index contributed by atoms with van der Waals surface area (Å²) in [6.07, 6.45) is 3.18. The monoisotopic (exact) mass is 416 g/mol. The average Bonchev–Trinajstić information content (AvgIpc) is 2.85. The van der Waals surface area contributed by atoms with Crippen molar-refractivity contribution in [3.05, 3.63) is 131 Å². The normalized spacial score (nSPS) is 11.3. The molecule has 0 N–H and O–H groups in total. The van der Waals surface area contributed by atoms with E-state index in [1.165, 1.54) is 11.1 Å². The summed E-state index contributed by atoms with van der Waals surface area (Å²) in [5.41, 5.74) is 5.67. The van der Waals surface area contributed by atoms with Crippen molar-refractivity contribution in [1.82, 2.24) is 0 Å². The fraction of sp³-hybridized carbons (Fsp3) is 0.0714. The summed E-state index contributed by atoms with van der Waals surface area (Å²) in [5.74, 6) is 0.0153. The molecule has 0 atom stereocenters. The lowest BCUT2D eigenvalue weighted by molar-refractivity contribution is 0.564. The predicted octanol–water partition coefficient (Wildman–Crippen LogP) is 6.59. The minimum absolute atomic E-state index is 0.0247. The van der Waals surface area contributed by atoms with Gasteiger partial charge >= 0.3 is 0 Å². The van der Waals surface area contributed by atoms with Gasteiger partial charge in [0.25, 0.3) is 0 Å². The van der Waals surface area contributed by atoms with Crippen LogP contribution in [0.1, 0.15) is 34.1 Å². The van der Waals surface area contributed by atoms with Gasteiger partial charge in [0.1, 0.15) is 0 Å². The van der Waals surface area contributed by atoms with Gasteiger partial charge in [0, 0.05) is 11.8 Å². The predicted molar refractivity (Wildman–Crippen MR) is 125 cm³/mol. The number of nitrogens with zero attached hydrogens (tertiary/aromatic N) is 2. The maximum atomic E-state index is 10.7. The summed E-state index contributed by atoms with van der Waals surface area (Å²) in [5, 5.41) is 0. The SMILES string of the molecule is O=C=Nc1ccc(C(c2ccc(N=C=O)cc2)C(c2ccccc2)c2ccccc2)cc1. The molecule has 0 unspecified atom stereocenters. The zero-order valence-corrected chi connectivity index (χ0v) is 17.3. The first-order chi connectivity index (χ1) is 15.8. The highest BCUT2D eigenvalue weighted by Crippen LogP contribution is 2.43. The first kappa shape index (κ1) is 20.9. The molecule has 0 spiro atoms. The van der Waals surface area contributed by atoms with Gasteiger partial charge in [-0.05, 0) is 46.5 Å². The second-order valence-corrected chi connectivity index (χ2v) is 7.37. The largest absolute Gasteiger partial charge is 0.240 e. The molecule has 0 amide bonds. The molecule has 0 saturated heterocycles. The van der Waals surface area contributed by atoms with E-state index in [0.29, 0.717) is 11.4 Å². The van der Waals surface area contributed by atoms with Crippen LogP contribution in [-0.2, 0) is 9.59 Å². The van der Waals surface area contributed by atoms with Gasteiger partial charge in [-0.25, -0.2) is 9.59 Å². The molecule has 0 aliphatic carbocycles. The van der Waals surface area contributed by atoms with Gasteiger partial charge in [-0.1, -0.05) is 84.9 Å². The van der Waals surface area contributed by atoms with E-state index in [1.54, 1.807) is 12.2 Å². The Kier molecular flexibility index (Phi) is 6.60. The van der Waals surface area contributed by atoms with Crippen LogP contribution in [-0.4, -0.2) is 12.2 Å². The second-order valence-electron chi connectivity index (χ2n) is 7.37. The number of aliphatic imine (C=N–C) groups is 2. The molecule has 4 heteroatoms. The molecule has 0 aliphatic heterocycles. The van der Waals surface area contributed by atoms with Gasteiger partial charge < -0.3 is 0 Å². The lowest BCUT2D eigenvalue weighted by atomic mass is 9.74. The number of benzene rings is 4. The first-order valence-electron chi connectivity index (χ1n) is 10.3. The van der Waals surface area contributed by atoms with E-state index in [1.807, 2.05) is 84.9 Å². The molecular formula is C28H20N2O2. The smallest absolute Gasteiger partial charge is 0.211 e. The van der Waals surface area contributed by atoms with Crippen molar-refractivity contribution in [2.75, 3.05) is 0 Å². The van der Waals surface area contributed by atoms with Crippen molar-refractivity contribution in [2.24, 2.45) is 9.98 Å². The van der Waals surface area contributed by atoms with Crippen LogP contribution in [0.4, 0.5) is 11.4 Å². The minimum Gasteiger partial charge on any atom is -0.211 e. The molecule has 4 nitrogen and oxygen atoms in total. The topological polar surface area (TPSA) is 58.9 Å². The minimum atomic E-state index is -0.0247. The molecule has 4 rings (SSSR count). The van der Waals surface area contributed by atoms with Crippen molar-refractivity contribution in [3.63, 3.8) is 0 Å². The van der Waals surface area contributed by atoms with E-state index in [9.17, 15) is 9.59 Å². The van der Waals surface area contributed by atoms with Gasteiger partial charge in [0.15, 0.2) is 0 Å². The van der Waals surface area contributed by atoms with Gasteiger partial charge in [-0.2, -0.15) is 9.98 Å². The lowest BCUT2D eigenvalue weighted by Gasteiger charge is -2.29. The molecule has 0 bridgehead atoms. The highest BCUT2D eigenvalue weighted by molar-refractivity contribution is 5.54. The highest BCUT2D eigenvalue weighted by atomic mass is 16.1. The van der Waals surface area contributed by atoms with Crippen LogP contribution in [0.25, 0.3) is 0 Å². The van der Waals surface area contributed by atoms with E-state index in [0.717, 1.165) is 11.1 Å². The number of rotatable bonds is 7. The third kappa shape index (κ3) is 4.69. The summed E-state index contributed by atoms with van der Waals surface area (Å²) in [4.78, 5) is 28.7. The number of hydrogen-bond acceptors (Lipinski definition) is 4. The van der Waals surface area contributed by atoms with E-state index < -0.39 is 0 Å². The lowest BCUT2D eigenvalue weighted by Crippen LogP contribution is -2.14. The van der Waals surface area contributed by atoms with Gasteiger partial charge in [0.2, 0.25) is 12.2 Å². The third-order valence-corrected chi connectivity index (χ3v) is 5.50. The van der Waals surface area contributed by atoms with Crippen LogP contribution in [0.15, 0.2) is 119 Å². The Labute approximate surface area is 186 Å². The van der Waals surface area contributed by atoms with Gasteiger partial charge in [-0.15, -0.1) is 0 Å². The maximum Gasteiger partial charge on any atom is 0.240 e. The van der Waals surface area contributed by atoms with Gasteiger partial charge in [0.05, 0.1) is 11.4 Å². The van der Waals surface area contributed by atoms with Crippen LogP contribution >= 0.6 is 0 Å². The van der Waals surface area contributed by atoms with Crippen molar-refractivity contribution in [2.45, 2.75) is 11.8 Å². The van der Waals surface area contributed by atoms with E-state index in [-0.39, 0.29) is 11.8 Å². The van der Waals surface area contributed by atoms with Crippen LogP contribution < -0.4 is 0 Å². The molecule has 4 aromatic rings. The molecule has 32 heavy (non-hydrogen) atoms. The zero-order chi connectivity index (χ0) is 22.2. The summed E-state index contributed by atoms with van der Waals surface area (Å²) >= 11 is 0. The molecule has 0 fully saturated rings. The average molecular weight is 416 g/mol. The molecule has 0 heterocycles. The van der Waals surface area contributed by atoms with Gasteiger partial charge in [-0.3, -0.25) is 0 Å². The summed E-state index contributed by atoms with van der Waals surface area (Å²) < 4.78 is 0. The van der Waals surface area contributed by atoms with Crippen molar-refractivity contribution in [1.29, 1.82) is 0 Å². The molecule has 0 radical (unpaired) electrons. The quantitative estimate of drug-likeness (QED) is 0.252. The maximum absolute atomic E-state index is 10.7. The Morgan fingerprint density at radius 1 is 0.438 bits per heavy atom. The van der Waals surface area contributed by atoms with E-state index in [4.69, 9.17) is 0 Å². The molecule has 4 aromatic carbocycles. The fourth-order valence-electron chi connectivity index (χ4n) is 4.09. The Morgan fingerprint density at radius 2 is 0.750 bits per heavy atom. The highest BCUT2D eigenvalue weighted by Gasteiger charge is 2.28.